The van der Waals surface area contributed by atoms with Gasteiger partial charge in [0.05, 0.1) is 5.02 Å². The van der Waals surface area contributed by atoms with Gasteiger partial charge in [0.1, 0.15) is 11.6 Å². The monoisotopic (exact) mass is 295 g/mol. The molecule has 0 amide bonds. The van der Waals surface area contributed by atoms with E-state index in [1.54, 1.807) is 18.2 Å². The Bertz CT molecular complexity index is 611. The Morgan fingerprint density at radius 3 is 2.50 bits per heavy atom. The lowest BCUT2D eigenvalue weighted by Gasteiger charge is -2.11. The quantitative estimate of drug-likeness (QED) is 0.855. The van der Waals surface area contributed by atoms with E-state index in [4.69, 9.17) is 11.6 Å². The molecule has 0 radical (unpaired) electrons. The van der Waals surface area contributed by atoms with Gasteiger partial charge >= 0.3 is 0 Å². The van der Waals surface area contributed by atoms with Crippen LogP contribution < -0.4 is 5.32 Å². The Morgan fingerprint density at radius 1 is 1.10 bits per heavy atom. The molecule has 1 N–H and O–H groups in total. The van der Waals surface area contributed by atoms with Gasteiger partial charge in [-0.15, -0.1) is 0 Å². The smallest absolute Gasteiger partial charge is 0.127 e. The molecule has 106 valence electrons. The van der Waals surface area contributed by atoms with Crippen LogP contribution in [0.25, 0.3) is 11.1 Å². The van der Waals surface area contributed by atoms with Crippen LogP contribution >= 0.6 is 11.6 Å². The standard InChI is InChI=1S/C16H16ClF2N/c1-10(2)20-9-12-7-11(3-6-16(12)19)14-5-4-13(18)8-15(14)17/h3-8,10,20H,9H2,1-2H3. The summed E-state index contributed by atoms with van der Waals surface area (Å²) in [5.41, 5.74) is 2.03. The highest BCUT2D eigenvalue weighted by atomic mass is 35.5. The zero-order valence-electron chi connectivity index (χ0n) is 11.4. The highest BCUT2D eigenvalue weighted by molar-refractivity contribution is 6.33. The summed E-state index contributed by atoms with van der Waals surface area (Å²) in [4.78, 5) is 0. The van der Waals surface area contributed by atoms with Crippen molar-refractivity contribution in [2.24, 2.45) is 0 Å². The molecule has 0 saturated heterocycles. The minimum Gasteiger partial charge on any atom is -0.310 e. The number of nitrogens with one attached hydrogen (secondary N) is 1. The Kier molecular flexibility index (Phi) is 4.73. The van der Waals surface area contributed by atoms with Crippen molar-refractivity contribution in [2.75, 3.05) is 0 Å². The van der Waals surface area contributed by atoms with Gasteiger partial charge in [0.15, 0.2) is 0 Å². The van der Waals surface area contributed by atoms with E-state index >= 15 is 0 Å². The van der Waals surface area contributed by atoms with Crippen LogP contribution in [0.2, 0.25) is 5.02 Å². The number of hydrogen-bond acceptors (Lipinski definition) is 1. The summed E-state index contributed by atoms with van der Waals surface area (Å²) < 4.78 is 26.8. The van der Waals surface area contributed by atoms with Gasteiger partial charge < -0.3 is 5.32 Å². The Hall–Kier alpha value is -1.45. The van der Waals surface area contributed by atoms with Gasteiger partial charge in [0.2, 0.25) is 0 Å². The third-order valence-electron chi connectivity index (χ3n) is 2.99. The first-order chi connectivity index (χ1) is 9.47. The first kappa shape index (κ1) is 14.9. The highest BCUT2D eigenvalue weighted by Gasteiger charge is 2.09. The molecule has 2 aromatic carbocycles. The van der Waals surface area contributed by atoms with E-state index in [2.05, 4.69) is 5.32 Å². The van der Waals surface area contributed by atoms with E-state index in [-0.39, 0.29) is 17.7 Å². The molecule has 0 saturated carbocycles. The van der Waals surface area contributed by atoms with E-state index in [0.717, 1.165) is 5.56 Å². The molecule has 0 atom stereocenters. The van der Waals surface area contributed by atoms with Gasteiger partial charge in [-0.3, -0.25) is 0 Å². The van der Waals surface area contributed by atoms with Gasteiger partial charge in [-0.25, -0.2) is 8.78 Å². The Morgan fingerprint density at radius 2 is 1.85 bits per heavy atom. The molecular formula is C16H16ClF2N. The van der Waals surface area contributed by atoms with Crippen molar-refractivity contribution in [3.05, 3.63) is 58.6 Å². The van der Waals surface area contributed by atoms with Gasteiger partial charge in [-0.2, -0.15) is 0 Å². The molecule has 0 unspecified atom stereocenters. The van der Waals surface area contributed by atoms with Crippen molar-refractivity contribution in [2.45, 2.75) is 26.4 Å². The van der Waals surface area contributed by atoms with Crippen LogP contribution in [0.3, 0.4) is 0 Å². The fourth-order valence-corrected chi connectivity index (χ4v) is 2.19. The molecular weight excluding hydrogens is 280 g/mol. The number of rotatable bonds is 4. The fourth-order valence-electron chi connectivity index (χ4n) is 1.92. The second kappa shape index (κ2) is 6.33. The normalized spacial score (nSPS) is 11.1. The summed E-state index contributed by atoms with van der Waals surface area (Å²) in [5.74, 6) is -0.650. The van der Waals surface area contributed by atoms with Crippen LogP contribution in [0, 0.1) is 11.6 Å². The van der Waals surface area contributed by atoms with Crippen molar-refractivity contribution in [3.63, 3.8) is 0 Å². The zero-order chi connectivity index (χ0) is 14.7. The predicted molar refractivity (Wildman–Crippen MR) is 78.8 cm³/mol. The molecule has 20 heavy (non-hydrogen) atoms. The topological polar surface area (TPSA) is 12.0 Å². The van der Waals surface area contributed by atoms with Crippen LogP contribution in [-0.2, 0) is 6.54 Å². The van der Waals surface area contributed by atoms with Crippen LogP contribution in [0.5, 0.6) is 0 Å². The number of benzene rings is 2. The van der Waals surface area contributed by atoms with E-state index in [1.807, 2.05) is 13.8 Å². The summed E-state index contributed by atoms with van der Waals surface area (Å²) in [7, 11) is 0. The molecule has 0 aliphatic rings. The van der Waals surface area contributed by atoms with E-state index < -0.39 is 0 Å². The lowest BCUT2D eigenvalue weighted by Crippen LogP contribution is -2.22. The minimum absolute atomic E-state index is 0.264. The van der Waals surface area contributed by atoms with Gasteiger partial charge in [0.25, 0.3) is 0 Å². The SMILES string of the molecule is CC(C)NCc1cc(-c2ccc(F)cc2Cl)ccc1F. The third-order valence-corrected chi connectivity index (χ3v) is 3.30. The molecule has 0 bridgehead atoms. The average Bonchev–Trinajstić information content (AvgIpc) is 2.38. The summed E-state index contributed by atoms with van der Waals surface area (Å²) in [6, 6.07) is 9.27. The molecule has 4 heteroatoms. The lowest BCUT2D eigenvalue weighted by atomic mass is 10.0. The molecule has 1 nitrogen and oxygen atoms in total. The van der Waals surface area contributed by atoms with E-state index in [1.165, 1.54) is 18.2 Å². The van der Waals surface area contributed by atoms with Crippen LogP contribution in [0.4, 0.5) is 8.78 Å². The summed E-state index contributed by atoms with van der Waals surface area (Å²) in [6.45, 7) is 4.44. The lowest BCUT2D eigenvalue weighted by molar-refractivity contribution is 0.553. The third kappa shape index (κ3) is 3.56. The first-order valence-electron chi connectivity index (χ1n) is 6.44. The maximum Gasteiger partial charge on any atom is 0.127 e. The summed E-state index contributed by atoms with van der Waals surface area (Å²) >= 11 is 6.03. The Labute approximate surface area is 122 Å². The Balaban J connectivity index is 2.35. The van der Waals surface area contributed by atoms with Crippen LogP contribution in [-0.4, -0.2) is 6.04 Å². The summed E-state index contributed by atoms with van der Waals surface area (Å²) in [6.07, 6.45) is 0. The second-order valence-corrected chi connectivity index (χ2v) is 5.37. The molecule has 0 aromatic heterocycles. The molecule has 0 fully saturated rings. The van der Waals surface area contributed by atoms with Crippen molar-refractivity contribution in [3.8, 4) is 11.1 Å². The molecule has 0 aliphatic heterocycles. The average molecular weight is 296 g/mol. The molecule has 0 aliphatic carbocycles. The predicted octanol–water partition coefficient (Wildman–Crippen LogP) is 4.78. The van der Waals surface area contributed by atoms with Crippen molar-refractivity contribution in [1.29, 1.82) is 0 Å². The molecule has 2 aromatic rings. The van der Waals surface area contributed by atoms with Gasteiger partial charge in [0, 0.05) is 23.7 Å². The van der Waals surface area contributed by atoms with Crippen molar-refractivity contribution >= 4 is 11.6 Å². The molecule has 2 rings (SSSR count). The summed E-state index contributed by atoms with van der Waals surface area (Å²) in [5, 5.41) is 3.49. The second-order valence-electron chi connectivity index (χ2n) is 4.97. The minimum atomic E-state index is -0.387. The van der Waals surface area contributed by atoms with E-state index in [0.29, 0.717) is 22.7 Å². The maximum atomic E-state index is 13.8. The van der Waals surface area contributed by atoms with Crippen molar-refractivity contribution < 1.29 is 8.78 Å². The molecule has 0 spiro atoms. The van der Waals surface area contributed by atoms with Gasteiger partial charge in [-0.1, -0.05) is 31.5 Å². The van der Waals surface area contributed by atoms with E-state index in [9.17, 15) is 8.78 Å². The maximum absolute atomic E-state index is 13.8. The largest absolute Gasteiger partial charge is 0.310 e. The van der Waals surface area contributed by atoms with Crippen LogP contribution in [0.1, 0.15) is 19.4 Å². The van der Waals surface area contributed by atoms with Crippen molar-refractivity contribution in [1.82, 2.24) is 5.32 Å². The number of halogens is 3. The highest BCUT2D eigenvalue weighted by Crippen LogP contribution is 2.29. The zero-order valence-corrected chi connectivity index (χ0v) is 12.1. The molecule has 0 heterocycles. The fraction of sp³-hybridized carbons (Fsp3) is 0.250. The van der Waals surface area contributed by atoms with Crippen LogP contribution in [0.15, 0.2) is 36.4 Å². The first-order valence-corrected chi connectivity index (χ1v) is 6.82. The number of hydrogen-bond donors (Lipinski definition) is 1. The van der Waals surface area contributed by atoms with Gasteiger partial charge in [-0.05, 0) is 35.9 Å².